The van der Waals surface area contributed by atoms with Gasteiger partial charge in [0.25, 0.3) is 17.7 Å². The van der Waals surface area contributed by atoms with E-state index in [2.05, 4.69) is 5.32 Å². The molecule has 148 valence electrons. The molecule has 1 atom stereocenters. The summed E-state index contributed by atoms with van der Waals surface area (Å²) in [5.74, 6) is -1.12. The molecule has 1 unspecified atom stereocenters. The fourth-order valence-electron chi connectivity index (χ4n) is 3.55. The number of likely N-dealkylation sites (N-methyl/N-ethyl adjacent to an activating group) is 1. The Hall–Kier alpha value is -3.68. The SMILES string of the molecule is CCN1C(=O)COc2cc(NC(=O)C(C)N3C(=O)c4ccccc4C3=O)ccc21. The van der Waals surface area contributed by atoms with E-state index < -0.39 is 23.8 Å². The number of nitrogens with zero attached hydrogens (tertiary/aromatic N) is 2. The van der Waals surface area contributed by atoms with Gasteiger partial charge in [-0.25, -0.2) is 0 Å². The minimum Gasteiger partial charge on any atom is -0.481 e. The molecule has 0 fully saturated rings. The number of hydrogen-bond donors (Lipinski definition) is 1. The molecule has 8 heteroatoms. The van der Waals surface area contributed by atoms with Crippen LogP contribution in [0.2, 0.25) is 0 Å². The lowest BCUT2D eigenvalue weighted by molar-refractivity contribution is -0.121. The topological polar surface area (TPSA) is 96.0 Å². The van der Waals surface area contributed by atoms with Crippen molar-refractivity contribution in [1.82, 2.24) is 4.90 Å². The highest BCUT2D eigenvalue weighted by Gasteiger charge is 2.40. The van der Waals surface area contributed by atoms with Gasteiger partial charge in [0.15, 0.2) is 6.61 Å². The zero-order valence-electron chi connectivity index (χ0n) is 16.0. The maximum atomic E-state index is 12.7. The number of ether oxygens (including phenoxy) is 1. The van der Waals surface area contributed by atoms with Crippen LogP contribution in [0.5, 0.6) is 5.75 Å². The first-order valence-electron chi connectivity index (χ1n) is 9.27. The second-order valence-corrected chi connectivity index (χ2v) is 6.80. The molecule has 0 aromatic heterocycles. The van der Waals surface area contributed by atoms with Gasteiger partial charge in [-0.15, -0.1) is 0 Å². The lowest BCUT2D eigenvalue weighted by Gasteiger charge is -2.29. The Kier molecular flexibility index (Phi) is 4.54. The van der Waals surface area contributed by atoms with E-state index in [1.54, 1.807) is 47.4 Å². The zero-order valence-corrected chi connectivity index (χ0v) is 16.0. The minimum absolute atomic E-state index is 0.0658. The predicted octanol–water partition coefficient (Wildman–Crippen LogP) is 2.06. The average molecular weight is 393 g/mol. The molecule has 2 aliphatic rings. The van der Waals surface area contributed by atoms with E-state index in [0.717, 1.165) is 4.90 Å². The van der Waals surface area contributed by atoms with Crippen LogP contribution in [0.1, 0.15) is 34.6 Å². The maximum Gasteiger partial charge on any atom is 0.265 e. The van der Waals surface area contributed by atoms with Gasteiger partial charge in [0.05, 0.1) is 16.8 Å². The number of carbonyl (C=O) groups excluding carboxylic acids is 4. The highest BCUT2D eigenvalue weighted by molar-refractivity contribution is 6.23. The molecule has 29 heavy (non-hydrogen) atoms. The summed E-state index contributed by atoms with van der Waals surface area (Å²) in [6.07, 6.45) is 0. The van der Waals surface area contributed by atoms with E-state index in [1.807, 2.05) is 6.92 Å². The summed E-state index contributed by atoms with van der Waals surface area (Å²) >= 11 is 0. The number of benzene rings is 2. The van der Waals surface area contributed by atoms with Gasteiger partial charge in [-0.05, 0) is 38.1 Å². The first-order valence-corrected chi connectivity index (χ1v) is 9.27. The lowest BCUT2D eigenvalue weighted by Crippen LogP contribution is -2.45. The van der Waals surface area contributed by atoms with Gasteiger partial charge in [0.2, 0.25) is 5.91 Å². The van der Waals surface area contributed by atoms with Crippen molar-refractivity contribution in [2.24, 2.45) is 0 Å². The molecule has 0 radical (unpaired) electrons. The Balaban J connectivity index is 1.52. The minimum atomic E-state index is -0.993. The maximum absolute atomic E-state index is 12.7. The Morgan fingerprint density at radius 2 is 1.76 bits per heavy atom. The Bertz CT molecular complexity index is 1010. The number of nitrogens with one attached hydrogen (secondary N) is 1. The average Bonchev–Trinajstić information content (AvgIpc) is 2.98. The van der Waals surface area contributed by atoms with Crippen LogP contribution in [0, 0.1) is 0 Å². The predicted molar refractivity (Wildman–Crippen MR) is 105 cm³/mol. The number of carbonyl (C=O) groups is 4. The third-order valence-corrected chi connectivity index (χ3v) is 5.08. The normalized spacial score (nSPS) is 16.3. The van der Waals surface area contributed by atoms with Gasteiger partial charge in [0, 0.05) is 18.3 Å². The summed E-state index contributed by atoms with van der Waals surface area (Å²) in [7, 11) is 0. The van der Waals surface area contributed by atoms with Crippen LogP contribution >= 0.6 is 0 Å². The number of amides is 4. The van der Waals surface area contributed by atoms with Crippen LogP contribution < -0.4 is 15.0 Å². The van der Waals surface area contributed by atoms with Gasteiger partial charge >= 0.3 is 0 Å². The monoisotopic (exact) mass is 393 g/mol. The van der Waals surface area contributed by atoms with Gasteiger partial charge < -0.3 is 15.0 Å². The third kappa shape index (κ3) is 3.02. The van der Waals surface area contributed by atoms with Crippen molar-refractivity contribution in [3.8, 4) is 5.75 Å². The molecule has 0 aliphatic carbocycles. The van der Waals surface area contributed by atoms with E-state index in [4.69, 9.17) is 4.74 Å². The number of anilines is 2. The highest BCUT2D eigenvalue weighted by atomic mass is 16.5. The van der Waals surface area contributed by atoms with Crippen molar-refractivity contribution in [3.05, 3.63) is 53.6 Å². The molecule has 0 bridgehead atoms. The summed E-state index contributed by atoms with van der Waals surface area (Å²) in [4.78, 5) is 52.3. The van der Waals surface area contributed by atoms with Gasteiger partial charge in [-0.1, -0.05) is 12.1 Å². The van der Waals surface area contributed by atoms with Crippen LogP contribution in [-0.4, -0.2) is 47.7 Å². The van der Waals surface area contributed by atoms with Crippen molar-refractivity contribution in [1.29, 1.82) is 0 Å². The van der Waals surface area contributed by atoms with Crippen LogP contribution in [0.3, 0.4) is 0 Å². The van der Waals surface area contributed by atoms with E-state index in [1.165, 1.54) is 6.92 Å². The van der Waals surface area contributed by atoms with E-state index in [0.29, 0.717) is 34.8 Å². The number of imide groups is 1. The standard InChI is InChI=1S/C21H19N3O5/c1-3-23-16-9-8-13(10-17(16)29-11-18(23)25)22-19(26)12(2)24-20(27)14-6-4-5-7-15(14)21(24)28/h4-10,12H,3,11H2,1-2H3,(H,22,26). The quantitative estimate of drug-likeness (QED) is 0.802. The molecule has 0 spiro atoms. The third-order valence-electron chi connectivity index (χ3n) is 5.08. The first kappa shape index (κ1) is 18.7. The summed E-state index contributed by atoms with van der Waals surface area (Å²) in [6.45, 7) is 3.82. The molecule has 2 heterocycles. The highest BCUT2D eigenvalue weighted by Crippen LogP contribution is 2.34. The van der Waals surface area contributed by atoms with E-state index in [9.17, 15) is 19.2 Å². The van der Waals surface area contributed by atoms with Crippen molar-refractivity contribution in [2.45, 2.75) is 19.9 Å². The lowest BCUT2D eigenvalue weighted by atomic mass is 10.1. The summed E-state index contributed by atoms with van der Waals surface area (Å²) < 4.78 is 5.47. The molecule has 2 aliphatic heterocycles. The van der Waals surface area contributed by atoms with Crippen LogP contribution in [-0.2, 0) is 9.59 Å². The molecule has 8 nitrogen and oxygen atoms in total. The molecular formula is C21H19N3O5. The molecule has 2 aromatic carbocycles. The number of fused-ring (bicyclic) bond motifs is 2. The van der Waals surface area contributed by atoms with E-state index >= 15 is 0 Å². The molecule has 0 saturated heterocycles. The van der Waals surface area contributed by atoms with Gasteiger partial charge in [-0.3, -0.25) is 24.1 Å². The second kappa shape index (κ2) is 7.05. The largest absolute Gasteiger partial charge is 0.481 e. The Morgan fingerprint density at radius 3 is 2.38 bits per heavy atom. The van der Waals surface area contributed by atoms with E-state index in [-0.39, 0.29) is 12.5 Å². The Labute approximate surface area is 167 Å². The van der Waals surface area contributed by atoms with Crippen molar-refractivity contribution in [3.63, 3.8) is 0 Å². The summed E-state index contributed by atoms with van der Waals surface area (Å²) in [5.41, 5.74) is 1.67. The molecule has 4 rings (SSSR count). The van der Waals surface area contributed by atoms with Crippen molar-refractivity contribution in [2.75, 3.05) is 23.4 Å². The number of rotatable bonds is 4. The molecule has 4 amide bonds. The smallest absolute Gasteiger partial charge is 0.265 e. The van der Waals surface area contributed by atoms with Crippen LogP contribution in [0.25, 0.3) is 0 Å². The van der Waals surface area contributed by atoms with Crippen LogP contribution in [0.4, 0.5) is 11.4 Å². The van der Waals surface area contributed by atoms with Crippen molar-refractivity contribution >= 4 is 35.0 Å². The molecule has 1 N–H and O–H groups in total. The second-order valence-electron chi connectivity index (χ2n) is 6.80. The number of hydrogen-bond acceptors (Lipinski definition) is 5. The van der Waals surface area contributed by atoms with Crippen LogP contribution in [0.15, 0.2) is 42.5 Å². The Morgan fingerprint density at radius 1 is 1.10 bits per heavy atom. The molecule has 0 saturated carbocycles. The van der Waals surface area contributed by atoms with Crippen molar-refractivity contribution < 1.29 is 23.9 Å². The fraction of sp³-hybridized carbons (Fsp3) is 0.238. The fourth-order valence-corrected chi connectivity index (χ4v) is 3.55. The molecule has 2 aromatic rings. The van der Waals surface area contributed by atoms with Gasteiger partial charge in [0.1, 0.15) is 11.8 Å². The van der Waals surface area contributed by atoms with Gasteiger partial charge in [-0.2, -0.15) is 0 Å². The zero-order chi connectivity index (χ0) is 20.7. The summed E-state index contributed by atoms with van der Waals surface area (Å²) in [6, 6.07) is 10.5. The molecular weight excluding hydrogens is 374 g/mol. The first-order chi connectivity index (χ1) is 13.9. The summed E-state index contributed by atoms with van der Waals surface area (Å²) in [5, 5.41) is 2.71.